The number of pyridine rings is 1. The molecule has 0 aliphatic carbocycles. The lowest BCUT2D eigenvalue weighted by Crippen LogP contribution is -2.12. The van der Waals surface area contributed by atoms with E-state index in [9.17, 15) is 4.79 Å². The molecule has 0 bridgehead atoms. The van der Waals surface area contributed by atoms with E-state index in [1.807, 2.05) is 55.5 Å². The monoisotopic (exact) mass is 464 g/mol. The van der Waals surface area contributed by atoms with Crippen molar-refractivity contribution in [1.82, 2.24) is 35.2 Å². The summed E-state index contributed by atoms with van der Waals surface area (Å²) < 4.78 is 1.49. The van der Waals surface area contributed by atoms with Crippen molar-refractivity contribution in [2.24, 2.45) is 0 Å². The van der Waals surface area contributed by atoms with E-state index in [-0.39, 0.29) is 5.91 Å². The molecule has 11 nitrogen and oxygen atoms in total. The predicted molar refractivity (Wildman–Crippen MR) is 131 cm³/mol. The first-order valence-corrected chi connectivity index (χ1v) is 10.7. The number of benzene rings is 2. The molecule has 0 aliphatic heterocycles. The van der Waals surface area contributed by atoms with Crippen LogP contribution in [0.1, 0.15) is 16.2 Å². The Bertz CT molecular complexity index is 1440. The zero-order chi connectivity index (χ0) is 24.0. The van der Waals surface area contributed by atoms with Gasteiger partial charge in [-0.15, -0.1) is 5.10 Å². The van der Waals surface area contributed by atoms with Crippen LogP contribution in [0.25, 0.3) is 5.69 Å². The van der Waals surface area contributed by atoms with Gasteiger partial charge in [0.2, 0.25) is 0 Å². The van der Waals surface area contributed by atoms with E-state index in [1.54, 1.807) is 30.5 Å². The van der Waals surface area contributed by atoms with Crippen molar-refractivity contribution in [3.05, 3.63) is 96.7 Å². The van der Waals surface area contributed by atoms with Crippen LogP contribution in [-0.4, -0.2) is 41.1 Å². The first-order valence-electron chi connectivity index (χ1n) is 10.7. The van der Waals surface area contributed by atoms with Crippen molar-refractivity contribution < 1.29 is 4.79 Å². The lowest BCUT2D eigenvalue weighted by molar-refractivity contribution is 0.102. The van der Waals surface area contributed by atoms with Crippen LogP contribution in [0.15, 0.2) is 85.3 Å². The minimum absolute atomic E-state index is 0.239. The molecular formula is C24H20N10O. The summed E-state index contributed by atoms with van der Waals surface area (Å²) in [6.07, 6.45) is 3.18. The molecule has 2 aromatic carbocycles. The molecule has 0 saturated carbocycles. The molecule has 172 valence electrons. The van der Waals surface area contributed by atoms with Crippen LogP contribution in [0.3, 0.4) is 0 Å². The quantitative estimate of drug-likeness (QED) is 0.328. The first kappa shape index (κ1) is 21.6. The summed E-state index contributed by atoms with van der Waals surface area (Å²) in [5.41, 5.74) is 2.65. The lowest BCUT2D eigenvalue weighted by Gasteiger charge is -2.11. The largest absolute Gasteiger partial charge is 0.340 e. The highest BCUT2D eigenvalue weighted by molar-refractivity contribution is 6.04. The Morgan fingerprint density at radius 2 is 1.63 bits per heavy atom. The highest BCUT2D eigenvalue weighted by Gasteiger charge is 2.09. The molecule has 0 spiro atoms. The Morgan fingerprint density at radius 1 is 0.829 bits per heavy atom. The van der Waals surface area contributed by atoms with E-state index in [4.69, 9.17) is 0 Å². The summed E-state index contributed by atoms with van der Waals surface area (Å²) in [6, 6.07) is 21.8. The second kappa shape index (κ2) is 9.75. The summed E-state index contributed by atoms with van der Waals surface area (Å²) in [4.78, 5) is 25.8. The molecule has 3 N–H and O–H groups in total. The molecule has 11 heteroatoms. The number of aryl methyl sites for hydroxylation is 1. The smallest absolute Gasteiger partial charge is 0.255 e. The van der Waals surface area contributed by atoms with Gasteiger partial charge in [-0.25, -0.2) is 19.6 Å². The Morgan fingerprint density at radius 3 is 2.37 bits per heavy atom. The average Bonchev–Trinajstić information content (AvgIpc) is 3.41. The third-order valence-corrected chi connectivity index (χ3v) is 4.90. The number of hydrogen-bond donors (Lipinski definition) is 3. The van der Waals surface area contributed by atoms with Crippen molar-refractivity contribution in [1.29, 1.82) is 0 Å². The number of nitrogens with one attached hydrogen (secondary N) is 3. The zero-order valence-corrected chi connectivity index (χ0v) is 18.6. The van der Waals surface area contributed by atoms with Crippen LogP contribution in [0.5, 0.6) is 0 Å². The van der Waals surface area contributed by atoms with Crippen molar-refractivity contribution in [3.8, 4) is 5.69 Å². The van der Waals surface area contributed by atoms with E-state index in [0.717, 1.165) is 5.69 Å². The molecule has 0 aliphatic rings. The van der Waals surface area contributed by atoms with E-state index in [2.05, 4.69) is 46.4 Å². The summed E-state index contributed by atoms with van der Waals surface area (Å²) in [7, 11) is 0. The lowest BCUT2D eigenvalue weighted by atomic mass is 10.2. The Kier molecular flexibility index (Phi) is 6.03. The maximum absolute atomic E-state index is 12.7. The summed E-state index contributed by atoms with van der Waals surface area (Å²) in [6.45, 7) is 1.82. The molecule has 0 unspecified atom stereocenters. The fraction of sp³-hybridized carbons (Fsp3) is 0.0417. The van der Waals surface area contributed by atoms with Gasteiger partial charge in [0, 0.05) is 29.2 Å². The molecule has 5 rings (SSSR count). The number of nitrogens with zero attached hydrogens (tertiary/aromatic N) is 7. The van der Waals surface area contributed by atoms with Crippen LogP contribution in [0.2, 0.25) is 0 Å². The van der Waals surface area contributed by atoms with Gasteiger partial charge in [-0.2, -0.15) is 0 Å². The Hall–Kier alpha value is -5.19. The second-order valence-corrected chi connectivity index (χ2v) is 7.49. The standard InChI is InChI=1S/C24H20N10O/c1-16-27-22(14-23(28-16)31-21-7-2-3-12-25-21)29-18-8-10-19(11-9-18)30-24(35)17-5-4-6-20(13-17)34-15-26-32-33-34/h2-15H,1H3,(H,30,35)(H2,25,27,28,29,31). The maximum Gasteiger partial charge on any atom is 0.255 e. The van der Waals surface area contributed by atoms with Gasteiger partial charge < -0.3 is 16.0 Å². The molecule has 0 saturated heterocycles. The SMILES string of the molecule is Cc1nc(Nc2ccc(NC(=O)c3cccc(-n4cnnn4)c3)cc2)cc(Nc2ccccn2)n1. The van der Waals surface area contributed by atoms with E-state index >= 15 is 0 Å². The first-order chi connectivity index (χ1) is 17.1. The van der Waals surface area contributed by atoms with E-state index < -0.39 is 0 Å². The van der Waals surface area contributed by atoms with Crippen molar-refractivity contribution >= 4 is 34.7 Å². The fourth-order valence-corrected chi connectivity index (χ4v) is 3.32. The Labute approximate surface area is 200 Å². The maximum atomic E-state index is 12.7. The summed E-state index contributed by atoms with van der Waals surface area (Å²) in [5.74, 6) is 2.33. The highest BCUT2D eigenvalue weighted by atomic mass is 16.1. The van der Waals surface area contributed by atoms with Gasteiger partial charge in [0.05, 0.1) is 5.69 Å². The highest BCUT2D eigenvalue weighted by Crippen LogP contribution is 2.21. The topological polar surface area (TPSA) is 135 Å². The normalized spacial score (nSPS) is 10.5. The number of rotatable bonds is 7. The zero-order valence-electron chi connectivity index (χ0n) is 18.6. The minimum Gasteiger partial charge on any atom is -0.340 e. The van der Waals surface area contributed by atoms with Crippen LogP contribution in [0.4, 0.5) is 28.8 Å². The summed E-state index contributed by atoms with van der Waals surface area (Å²) >= 11 is 0. The van der Waals surface area contributed by atoms with Crippen LogP contribution in [0, 0.1) is 6.92 Å². The van der Waals surface area contributed by atoms with Gasteiger partial charge in [0.15, 0.2) is 0 Å². The molecule has 3 heterocycles. The number of amides is 1. The molecule has 1 amide bonds. The van der Waals surface area contributed by atoms with E-state index in [0.29, 0.717) is 40.2 Å². The van der Waals surface area contributed by atoms with Crippen LogP contribution < -0.4 is 16.0 Å². The molecule has 0 fully saturated rings. The molecule has 0 atom stereocenters. The number of aromatic nitrogens is 7. The molecule has 35 heavy (non-hydrogen) atoms. The number of hydrogen-bond acceptors (Lipinski definition) is 9. The average molecular weight is 464 g/mol. The predicted octanol–water partition coefficient (Wildman–Crippen LogP) is 3.90. The van der Waals surface area contributed by atoms with Gasteiger partial charge in [0.1, 0.15) is 29.6 Å². The van der Waals surface area contributed by atoms with Crippen LogP contribution >= 0.6 is 0 Å². The van der Waals surface area contributed by atoms with Gasteiger partial charge in [-0.3, -0.25) is 4.79 Å². The van der Waals surface area contributed by atoms with Gasteiger partial charge in [-0.1, -0.05) is 12.1 Å². The third kappa shape index (κ3) is 5.42. The molecule has 3 aromatic heterocycles. The molecular weight excluding hydrogens is 444 g/mol. The van der Waals surface area contributed by atoms with Gasteiger partial charge in [0.25, 0.3) is 5.91 Å². The molecule has 5 aromatic rings. The fourth-order valence-electron chi connectivity index (χ4n) is 3.32. The number of tetrazole rings is 1. The van der Waals surface area contributed by atoms with Crippen molar-refractivity contribution in [2.75, 3.05) is 16.0 Å². The van der Waals surface area contributed by atoms with Crippen molar-refractivity contribution in [3.63, 3.8) is 0 Å². The third-order valence-electron chi connectivity index (χ3n) is 4.90. The Balaban J connectivity index is 1.25. The summed E-state index contributed by atoms with van der Waals surface area (Å²) in [5, 5.41) is 20.4. The van der Waals surface area contributed by atoms with Gasteiger partial charge >= 0.3 is 0 Å². The van der Waals surface area contributed by atoms with E-state index in [1.165, 1.54) is 11.0 Å². The number of carbonyl (C=O) groups is 1. The number of anilines is 5. The van der Waals surface area contributed by atoms with Crippen LogP contribution in [-0.2, 0) is 0 Å². The minimum atomic E-state index is -0.239. The molecule has 0 radical (unpaired) electrons. The second-order valence-electron chi connectivity index (χ2n) is 7.49. The van der Waals surface area contributed by atoms with Gasteiger partial charge in [-0.05, 0) is 71.9 Å². The number of carbonyl (C=O) groups excluding carboxylic acids is 1. The van der Waals surface area contributed by atoms with Crippen molar-refractivity contribution in [2.45, 2.75) is 6.92 Å².